The lowest BCUT2D eigenvalue weighted by atomic mass is 9.89. The summed E-state index contributed by atoms with van der Waals surface area (Å²) in [6, 6.07) is 11.8. The molecule has 0 aliphatic heterocycles. The number of nitrogens with one attached hydrogen (secondary N) is 5. The van der Waals surface area contributed by atoms with Gasteiger partial charge in [0, 0.05) is 63.3 Å². The molecule has 2 rings (SSSR count). The Hall–Kier alpha value is -6.68. The molecule has 0 spiro atoms. The van der Waals surface area contributed by atoms with Gasteiger partial charge in [-0.05, 0) is 49.7 Å². The lowest BCUT2D eigenvalue weighted by molar-refractivity contribution is -0.144. The number of carboxylic acid groups (broad SMARTS) is 4. The van der Waals surface area contributed by atoms with Crippen molar-refractivity contribution in [3.8, 4) is 0 Å². The molecule has 0 saturated carbocycles. The van der Waals surface area contributed by atoms with Crippen molar-refractivity contribution in [3.63, 3.8) is 0 Å². The zero-order chi connectivity index (χ0) is 52.7. The highest BCUT2D eigenvalue weighted by atomic mass is 32.1. The van der Waals surface area contributed by atoms with Gasteiger partial charge in [-0.1, -0.05) is 86.3 Å². The van der Waals surface area contributed by atoms with Gasteiger partial charge in [0.2, 0.25) is 17.7 Å². The number of hydrogen-bond acceptors (Lipinski definition) is 13. The maximum Gasteiger partial charge on any atom is 0.326 e. The van der Waals surface area contributed by atoms with E-state index in [2.05, 4.69) is 39.2 Å². The second-order valence-corrected chi connectivity index (χ2v) is 17.6. The Morgan fingerprint density at radius 2 is 1.08 bits per heavy atom. The minimum absolute atomic E-state index is 0.0439. The lowest BCUT2D eigenvalue weighted by Crippen LogP contribution is -2.53. The number of urea groups is 1. The third-order valence-corrected chi connectivity index (χ3v) is 11.8. The molecule has 0 aliphatic rings. The van der Waals surface area contributed by atoms with Crippen molar-refractivity contribution in [1.82, 2.24) is 26.6 Å². The molecule has 0 fully saturated rings. The summed E-state index contributed by atoms with van der Waals surface area (Å²) in [5.74, 6) is -10.9. The maximum atomic E-state index is 14.1. The van der Waals surface area contributed by atoms with Crippen LogP contribution in [0.15, 0.2) is 60.7 Å². The number of carboxylic acids is 4. The van der Waals surface area contributed by atoms with Crippen molar-refractivity contribution < 1.29 is 73.2 Å². The molecule has 71 heavy (non-hydrogen) atoms. The molecule has 0 aromatic heterocycles. The minimum atomic E-state index is -1.60. The van der Waals surface area contributed by atoms with Gasteiger partial charge in [0.1, 0.15) is 17.9 Å². The van der Waals surface area contributed by atoms with Gasteiger partial charge in [-0.3, -0.25) is 43.2 Å². The average molecular weight is 1010 g/mol. The van der Waals surface area contributed by atoms with Gasteiger partial charge in [0.05, 0.1) is 24.4 Å². The predicted molar refractivity (Wildman–Crippen MR) is 261 cm³/mol. The predicted octanol–water partition coefficient (Wildman–Crippen LogP) is 2.61. The van der Waals surface area contributed by atoms with Crippen LogP contribution in [0.1, 0.15) is 107 Å². The average Bonchev–Trinajstić information content (AvgIpc) is 3.32. The SMILES string of the molecule is N[C@@H](CNC(=O)[C@@H](CC(=O)[C@H](Cc1ccccc1)NC(=O)CCCCCCCCC(=O)CC[C@H](NC(=O)NCCCC(=O)O)C(=O)O)Cc1ccccc1)C(=O)N[C@@H](CC(=O)O)C(=O)CC(CS)C(=O)O. The van der Waals surface area contributed by atoms with Crippen molar-refractivity contribution in [2.45, 2.75) is 133 Å². The van der Waals surface area contributed by atoms with Gasteiger partial charge in [-0.2, -0.15) is 12.6 Å². The standard InChI is InChI=1S/C49H68N6O15S/c50-36(46(65)54-39(28-44(62)63)41(58)27-34(30-71)47(66)67)29-52-45(64)33(24-31-14-7-5-8-15-31)26-40(57)38(25-32-16-9-6-10-17-32)53-42(59)19-12-4-2-1-3-11-18-35(56)21-22-37(48(68)69)55-49(70)51-23-13-20-43(60)61/h5-10,14-17,33-34,36-39,71H,1-4,11-13,18-30,50H2,(H,52,64)(H,53,59)(H,54,65)(H,60,61)(H,62,63)(H,66,67)(H,68,69)(H2,51,55,70)/t33-,34?,36+,37+,38+,39+/m1/s1. The number of rotatable bonds is 38. The van der Waals surface area contributed by atoms with Gasteiger partial charge in [-0.15, -0.1) is 0 Å². The summed E-state index contributed by atoms with van der Waals surface area (Å²) in [6.07, 6.45) is 2.83. The Kier molecular flexibility index (Phi) is 28.8. The van der Waals surface area contributed by atoms with E-state index in [1.54, 1.807) is 42.5 Å². The molecule has 390 valence electrons. The van der Waals surface area contributed by atoms with Crippen LogP contribution < -0.4 is 32.3 Å². The number of aliphatic carboxylic acids is 4. The number of nitrogens with two attached hydrogens (primary N) is 1. The van der Waals surface area contributed by atoms with Crippen LogP contribution in [0.2, 0.25) is 0 Å². The normalized spacial score (nSPS) is 13.4. The smallest absolute Gasteiger partial charge is 0.326 e. The van der Waals surface area contributed by atoms with Crippen LogP contribution in [0.4, 0.5) is 4.79 Å². The first-order valence-corrected chi connectivity index (χ1v) is 24.2. The summed E-state index contributed by atoms with van der Waals surface area (Å²) in [4.78, 5) is 136. The number of amides is 5. The molecule has 0 bridgehead atoms. The number of thiol groups is 1. The van der Waals surface area contributed by atoms with E-state index in [9.17, 15) is 68.1 Å². The van der Waals surface area contributed by atoms with Gasteiger partial charge in [0.25, 0.3) is 0 Å². The van der Waals surface area contributed by atoms with E-state index in [1.807, 2.05) is 18.2 Å². The zero-order valence-corrected chi connectivity index (χ0v) is 40.6. The number of hydrogen-bond donors (Lipinski definition) is 11. The number of Topliss-reactive ketones (excluding diaryl/α,β-unsaturated/α-hetero) is 3. The highest BCUT2D eigenvalue weighted by molar-refractivity contribution is 7.80. The van der Waals surface area contributed by atoms with E-state index in [1.165, 1.54) is 0 Å². The molecule has 6 atom stereocenters. The molecule has 0 saturated heterocycles. The fourth-order valence-electron chi connectivity index (χ4n) is 7.32. The number of carbonyl (C=O) groups is 11. The van der Waals surface area contributed by atoms with Crippen molar-refractivity contribution in [3.05, 3.63) is 71.8 Å². The van der Waals surface area contributed by atoms with Gasteiger partial charge < -0.3 is 52.7 Å². The summed E-state index contributed by atoms with van der Waals surface area (Å²) in [7, 11) is 0. The van der Waals surface area contributed by atoms with Crippen molar-refractivity contribution >= 4 is 77.6 Å². The molecule has 0 heterocycles. The molecule has 5 amide bonds. The van der Waals surface area contributed by atoms with Crippen molar-refractivity contribution in [2.24, 2.45) is 17.6 Å². The van der Waals surface area contributed by atoms with Crippen LogP contribution in [-0.4, -0.2) is 128 Å². The van der Waals surface area contributed by atoms with Crippen molar-refractivity contribution in [1.29, 1.82) is 0 Å². The molecule has 2 aromatic carbocycles. The van der Waals surface area contributed by atoms with Crippen LogP contribution in [0.3, 0.4) is 0 Å². The maximum absolute atomic E-state index is 14.1. The van der Waals surface area contributed by atoms with Crippen LogP contribution in [-0.2, 0) is 60.8 Å². The third-order valence-electron chi connectivity index (χ3n) is 11.4. The molecule has 1 unspecified atom stereocenters. The summed E-state index contributed by atoms with van der Waals surface area (Å²) in [5, 5.41) is 49.1. The Balaban J connectivity index is 1.95. The van der Waals surface area contributed by atoms with Crippen molar-refractivity contribution in [2.75, 3.05) is 18.8 Å². The first-order chi connectivity index (χ1) is 33.8. The molecule has 11 N–H and O–H groups in total. The van der Waals surface area contributed by atoms with Gasteiger partial charge in [-0.25, -0.2) is 9.59 Å². The Labute approximate surface area is 417 Å². The van der Waals surface area contributed by atoms with Crippen LogP contribution in [0, 0.1) is 11.8 Å². The molecule has 22 heteroatoms. The number of carbonyl (C=O) groups excluding carboxylic acids is 7. The molecular weight excluding hydrogens is 945 g/mol. The van der Waals surface area contributed by atoms with E-state index in [-0.39, 0.29) is 81.8 Å². The molecule has 21 nitrogen and oxygen atoms in total. The molecule has 0 radical (unpaired) electrons. The quantitative estimate of drug-likeness (QED) is 0.0340. The van der Waals surface area contributed by atoms with E-state index in [0.717, 1.165) is 30.4 Å². The monoisotopic (exact) mass is 1010 g/mol. The highest BCUT2D eigenvalue weighted by Crippen LogP contribution is 2.18. The zero-order valence-electron chi connectivity index (χ0n) is 39.7. The topological polar surface area (TPSA) is 355 Å². The Morgan fingerprint density at radius 3 is 1.65 bits per heavy atom. The second kappa shape index (κ2) is 33.8. The van der Waals surface area contributed by atoms with E-state index >= 15 is 0 Å². The summed E-state index contributed by atoms with van der Waals surface area (Å²) < 4.78 is 0. The molecular formula is C49H68N6O15S. The second-order valence-electron chi connectivity index (χ2n) is 17.3. The highest BCUT2D eigenvalue weighted by Gasteiger charge is 2.32. The summed E-state index contributed by atoms with van der Waals surface area (Å²) in [6.45, 7) is -0.415. The van der Waals surface area contributed by atoms with Crippen LogP contribution in [0.5, 0.6) is 0 Å². The molecule has 0 aliphatic carbocycles. The first-order valence-electron chi connectivity index (χ1n) is 23.6. The Bertz CT molecular complexity index is 2090. The van der Waals surface area contributed by atoms with Crippen LogP contribution in [0.25, 0.3) is 0 Å². The molecule has 2 aromatic rings. The fourth-order valence-corrected chi connectivity index (χ4v) is 7.60. The first kappa shape index (κ1) is 60.4. The number of benzene rings is 2. The lowest BCUT2D eigenvalue weighted by Gasteiger charge is -2.23. The van der Waals surface area contributed by atoms with E-state index in [0.29, 0.717) is 19.3 Å². The summed E-state index contributed by atoms with van der Waals surface area (Å²) in [5.41, 5.74) is 7.54. The van der Waals surface area contributed by atoms with E-state index < -0.39 is 109 Å². The number of unbranched alkanes of at least 4 members (excludes halogenated alkanes) is 5. The Morgan fingerprint density at radius 1 is 0.521 bits per heavy atom. The largest absolute Gasteiger partial charge is 0.481 e. The fraction of sp³-hybridized carbons (Fsp3) is 0.531. The van der Waals surface area contributed by atoms with Gasteiger partial charge >= 0.3 is 29.9 Å². The minimum Gasteiger partial charge on any atom is -0.481 e. The van der Waals surface area contributed by atoms with Gasteiger partial charge in [0.15, 0.2) is 11.6 Å². The van der Waals surface area contributed by atoms with Crippen LogP contribution >= 0.6 is 12.6 Å². The number of ketones is 3. The third kappa shape index (κ3) is 26.2. The van der Waals surface area contributed by atoms with E-state index in [4.69, 9.17) is 10.8 Å². The summed E-state index contributed by atoms with van der Waals surface area (Å²) >= 11 is 3.92.